The fraction of sp³-hybridized carbons (Fsp3) is 0.625. The molecule has 19 heavy (non-hydrogen) atoms. The standard InChI is InChI=1S/C16H21N3/c1-10-7-16(14(8-17)11(2)19-10)18-9-15(12-3-4-12)13-5-6-13/h7,12-13,15H,3-6,9H2,1-2H3,(H,18,19). The van der Waals surface area contributed by atoms with E-state index in [2.05, 4.69) is 16.4 Å². The van der Waals surface area contributed by atoms with Crippen LogP contribution in [0.3, 0.4) is 0 Å². The normalized spacial score (nSPS) is 18.4. The number of aromatic nitrogens is 1. The topological polar surface area (TPSA) is 48.7 Å². The first-order chi connectivity index (χ1) is 9.19. The Morgan fingerprint density at radius 1 is 1.32 bits per heavy atom. The second kappa shape index (κ2) is 4.85. The molecule has 3 heteroatoms. The van der Waals surface area contributed by atoms with Gasteiger partial charge < -0.3 is 5.32 Å². The number of pyridine rings is 1. The lowest BCUT2D eigenvalue weighted by atomic mass is 9.97. The summed E-state index contributed by atoms with van der Waals surface area (Å²) in [6.45, 7) is 4.92. The molecule has 1 N–H and O–H groups in total. The smallest absolute Gasteiger partial charge is 0.103 e. The van der Waals surface area contributed by atoms with Crippen molar-refractivity contribution >= 4 is 5.69 Å². The lowest BCUT2D eigenvalue weighted by molar-refractivity contribution is 0.428. The highest BCUT2D eigenvalue weighted by Crippen LogP contribution is 2.49. The maximum absolute atomic E-state index is 9.27. The van der Waals surface area contributed by atoms with E-state index in [0.29, 0.717) is 5.56 Å². The Bertz CT molecular complexity index is 510. The van der Waals surface area contributed by atoms with Crippen LogP contribution in [0.5, 0.6) is 0 Å². The van der Waals surface area contributed by atoms with Crippen LogP contribution in [0.2, 0.25) is 0 Å². The van der Waals surface area contributed by atoms with Gasteiger partial charge in [-0.3, -0.25) is 4.98 Å². The number of aryl methyl sites for hydroxylation is 2. The molecule has 0 saturated heterocycles. The number of nitrogens with one attached hydrogen (secondary N) is 1. The number of hydrogen-bond acceptors (Lipinski definition) is 3. The molecule has 0 aromatic carbocycles. The molecule has 0 atom stereocenters. The maximum atomic E-state index is 9.27. The minimum Gasteiger partial charge on any atom is -0.384 e. The first kappa shape index (κ1) is 12.5. The van der Waals surface area contributed by atoms with Crippen molar-refractivity contribution in [2.75, 3.05) is 11.9 Å². The Kier molecular flexibility index (Phi) is 3.18. The molecule has 3 rings (SSSR count). The van der Waals surface area contributed by atoms with Gasteiger partial charge >= 0.3 is 0 Å². The van der Waals surface area contributed by atoms with Crippen LogP contribution in [-0.2, 0) is 0 Å². The molecule has 1 aromatic rings. The average molecular weight is 255 g/mol. The van der Waals surface area contributed by atoms with Gasteiger partial charge in [-0.05, 0) is 63.4 Å². The van der Waals surface area contributed by atoms with Crippen molar-refractivity contribution in [3.05, 3.63) is 23.0 Å². The van der Waals surface area contributed by atoms with Crippen LogP contribution in [-0.4, -0.2) is 11.5 Å². The minimum absolute atomic E-state index is 0.705. The predicted molar refractivity (Wildman–Crippen MR) is 75.9 cm³/mol. The summed E-state index contributed by atoms with van der Waals surface area (Å²) >= 11 is 0. The summed E-state index contributed by atoms with van der Waals surface area (Å²) in [5.41, 5.74) is 3.49. The van der Waals surface area contributed by atoms with Gasteiger partial charge in [-0.15, -0.1) is 0 Å². The fourth-order valence-electron chi connectivity index (χ4n) is 3.10. The minimum atomic E-state index is 0.705. The Labute approximate surface area is 115 Å². The molecule has 2 saturated carbocycles. The molecule has 3 nitrogen and oxygen atoms in total. The van der Waals surface area contributed by atoms with Gasteiger partial charge in [0.1, 0.15) is 6.07 Å². The van der Waals surface area contributed by atoms with Gasteiger partial charge in [-0.2, -0.15) is 5.26 Å². The molecule has 0 aliphatic heterocycles. The molecular formula is C16H21N3. The van der Waals surface area contributed by atoms with Crippen molar-refractivity contribution in [3.8, 4) is 6.07 Å². The van der Waals surface area contributed by atoms with Gasteiger partial charge in [0.2, 0.25) is 0 Å². The highest BCUT2D eigenvalue weighted by molar-refractivity contribution is 5.59. The molecule has 1 heterocycles. The Morgan fingerprint density at radius 3 is 2.47 bits per heavy atom. The second-order valence-electron chi connectivity index (χ2n) is 6.10. The highest BCUT2D eigenvalue weighted by Gasteiger charge is 2.41. The third kappa shape index (κ3) is 2.73. The number of hydrogen-bond donors (Lipinski definition) is 1. The SMILES string of the molecule is Cc1cc(NCC(C2CC2)C2CC2)c(C#N)c(C)n1. The zero-order valence-electron chi connectivity index (χ0n) is 11.7. The maximum Gasteiger partial charge on any atom is 0.103 e. The molecule has 0 amide bonds. The summed E-state index contributed by atoms with van der Waals surface area (Å²) < 4.78 is 0. The van der Waals surface area contributed by atoms with E-state index < -0.39 is 0 Å². The van der Waals surface area contributed by atoms with E-state index in [1.807, 2.05) is 19.9 Å². The summed E-state index contributed by atoms with van der Waals surface area (Å²) in [4.78, 5) is 4.36. The van der Waals surface area contributed by atoms with Gasteiger partial charge in [0.25, 0.3) is 0 Å². The number of anilines is 1. The summed E-state index contributed by atoms with van der Waals surface area (Å²) in [5.74, 6) is 2.70. The van der Waals surface area contributed by atoms with Gasteiger partial charge in [0, 0.05) is 12.2 Å². The number of rotatable bonds is 5. The van der Waals surface area contributed by atoms with Gasteiger partial charge in [0.15, 0.2) is 0 Å². The summed E-state index contributed by atoms with van der Waals surface area (Å²) in [6, 6.07) is 4.28. The Balaban J connectivity index is 1.73. The summed E-state index contributed by atoms with van der Waals surface area (Å²) in [6.07, 6.45) is 5.62. The van der Waals surface area contributed by atoms with Crippen LogP contribution in [0.15, 0.2) is 6.07 Å². The molecule has 1 aromatic heterocycles. The summed E-state index contributed by atoms with van der Waals surface area (Å²) in [5, 5.41) is 12.8. The van der Waals surface area contributed by atoms with Crippen LogP contribution >= 0.6 is 0 Å². The molecule has 0 spiro atoms. The molecule has 2 aliphatic rings. The van der Waals surface area contributed by atoms with E-state index in [1.54, 1.807) is 0 Å². The quantitative estimate of drug-likeness (QED) is 0.877. The van der Waals surface area contributed by atoms with Crippen LogP contribution in [0.1, 0.15) is 42.6 Å². The van der Waals surface area contributed by atoms with E-state index >= 15 is 0 Å². The van der Waals surface area contributed by atoms with Gasteiger partial charge in [-0.1, -0.05) is 0 Å². The highest BCUT2D eigenvalue weighted by atomic mass is 14.9. The van der Waals surface area contributed by atoms with E-state index in [1.165, 1.54) is 25.7 Å². The van der Waals surface area contributed by atoms with Crippen molar-refractivity contribution in [1.29, 1.82) is 5.26 Å². The van der Waals surface area contributed by atoms with Gasteiger partial charge in [0.05, 0.1) is 16.9 Å². The van der Waals surface area contributed by atoms with Crippen LogP contribution < -0.4 is 5.32 Å². The molecule has 100 valence electrons. The average Bonchev–Trinajstić information content (AvgIpc) is 3.23. The fourth-order valence-corrected chi connectivity index (χ4v) is 3.10. The van der Waals surface area contributed by atoms with E-state index in [-0.39, 0.29) is 0 Å². The molecule has 2 fully saturated rings. The molecular weight excluding hydrogens is 234 g/mol. The van der Waals surface area contributed by atoms with E-state index in [4.69, 9.17) is 0 Å². The van der Waals surface area contributed by atoms with Crippen molar-refractivity contribution in [2.24, 2.45) is 17.8 Å². The van der Waals surface area contributed by atoms with Gasteiger partial charge in [-0.25, -0.2) is 0 Å². The van der Waals surface area contributed by atoms with Crippen LogP contribution in [0.4, 0.5) is 5.69 Å². The number of nitrogens with zero attached hydrogens (tertiary/aromatic N) is 2. The van der Waals surface area contributed by atoms with E-state index in [0.717, 1.165) is 41.4 Å². The Hall–Kier alpha value is -1.56. The first-order valence-corrected chi connectivity index (χ1v) is 7.31. The third-order valence-corrected chi connectivity index (χ3v) is 4.42. The van der Waals surface area contributed by atoms with Crippen LogP contribution in [0, 0.1) is 42.9 Å². The largest absolute Gasteiger partial charge is 0.384 e. The first-order valence-electron chi connectivity index (χ1n) is 7.31. The second-order valence-corrected chi connectivity index (χ2v) is 6.10. The van der Waals surface area contributed by atoms with Crippen molar-refractivity contribution in [3.63, 3.8) is 0 Å². The molecule has 0 bridgehead atoms. The zero-order valence-corrected chi connectivity index (χ0v) is 11.7. The predicted octanol–water partition coefficient (Wildman–Crippen LogP) is 3.42. The molecule has 2 aliphatic carbocycles. The lowest BCUT2D eigenvalue weighted by Crippen LogP contribution is -2.19. The van der Waals surface area contributed by atoms with Crippen molar-refractivity contribution < 1.29 is 0 Å². The van der Waals surface area contributed by atoms with Crippen molar-refractivity contribution in [1.82, 2.24) is 4.98 Å². The van der Waals surface area contributed by atoms with Crippen molar-refractivity contribution in [2.45, 2.75) is 39.5 Å². The zero-order chi connectivity index (χ0) is 13.4. The van der Waals surface area contributed by atoms with Crippen LogP contribution in [0.25, 0.3) is 0 Å². The Morgan fingerprint density at radius 2 is 1.95 bits per heavy atom. The lowest BCUT2D eigenvalue weighted by Gasteiger charge is -2.18. The molecule has 0 unspecified atom stereocenters. The monoisotopic (exact) mass is 255 g/mol. The number of nitriles is 1. The van der Waals surface area contributed by atoms with E-state index in [9.17, 15) is 5.26 Å². The summed E-state index contributed by atoms with van der Waals surface area (Å²) in [7, 11) is 0. The molecule has 0 radical (unpaired) electrons. The third-order valence-electron chi connectivity index (χ3n) is 4.42.